The largest absolute Gasteiger partial charge is 0.375 e. The van der Waals surface area contributed by atoms with Crippen molar-refractivity contribution in [3.05, 3.63) is 0 Å². The van der Waals surface area contributed by atoms with Gasteiger partial charge in [0.1, 0.15) is 18.7 Å². The first-order chi connectivity index (χ1) is 10.1. The topological polar surface area (TPSA) is 91.0 Å². The van der Waals surface area contributed by atoms with Crippen LogP contribution in [0.4, 0.5) is 0 Å². The van der Waals surface area contributed by atoms with Crippen molar-refractivity contribution >= 4 is 17.7 Å². The summed E-state index contributed by atoms with van der Waals surface area (Å²) in [6.07, 6.45) is 0.483. The van der Waals surface area contributed by atoms with E-state index in [0.29, 0.717) is 26.1 Å². The van der Waals surface area contributed by atoms with Crippen LogP contribution in [0.15, 0.2) is 0 Å². The molecule has 8 nitrogen and oxygen atoms in total. The Morgan fingerprint density at radius 2 is 2.10 bits per heavy atom. The van der Waals surface area contributed by atoms with Gasteiger partial charge in [-0.15, -0.1) is 0 Å². The predicted molar refractivity (Wildman–Crippen MR) is 72.3 cm³/mol. The summed E-state index contributed by atoms with van der Waals surface area (Å²) in [7, 11) is 1.45. The highest BCUT2D eigenvalue weighted by atomic mass is 16.5. The van der Waals surface area contributed by atoms with Crippen molar-refractivity contribution in [2.24, 2.45) is 0 Å². The minimum atomic E-state index is -0.431. The Kier molecular flexibility index (Phi) is 3.81. The van der Waals surface area contributed by atoms with Crippen LogP contribution < -0.4 is 10.6 Å². The van der Waals surface area contributed by atoms with E-state index in [1.54, 1.807) is 9.80 Å². The van der Waals surface area contributed by atoms with Crippen LogP contribution in [0.2, 0.25) is 0 Å². The summed E-state index contributed by atoms with van der Waals surface area (Å²) in [5.41, 5.74) is 0. The molecule has 0 spiro atoms. The van der Waals surface area contributed by atoms with Crippen molar-refractivity contribution in [3.8, 4) is 0 Å². The predicted octanol–water partition coefficient (Wildman–Crippen LogP) is -2.47. The first-order valence-corrected chi connectivity index (χ1v) is 7.22. The Balaban J connectivity index is 1.70. The molecule has 0 aliphatic carbocycles. The van der Waals surface area contributed by atoms with E-state index in [4.69, 9.17) is 4.74 Å². The van der Waals surface area contributed by atoms with Crippen LogP contribution in [-0.2, 0) is 19.1 Å². The van der Waals surface area contributed by atoms with Gasteiger partial charge in [0, 0.05) is 39.3 Å². The second-order valence-electron chi connectivity index (χ2n) is 5.69. The molecule has 3 fully saturated rings. The number of hydrogen-bond donors (Lipinski definition) is 2. The minimum Gasteiger partial charge on any atom is -0.375 e. The van der Waals surface area contributed by atoms with Crippen LogP contribution in [0.25, 0.3) is 0 Å². The molecule has 0 aromatic carbocycles. The summed E-state index contributed by atoms with van der Waals surface area (Å²) >= 11 is 0. The van der Waals surface area contributed by atoms with E-state index in [0.717, 1.165) is 6.54 Å². The maximum Gasteiger partial charge on any atom is 0.247 e. The lowest BCUT2D eigenvalue weighted by Gasteiger charge is -2.44. The van der Waals surface area contributed by atoms with Gasteiger partial charge in [0.15, 0.2) is 0 Å². The van der Waals surface area contributed by atoms with Crippen molar-refractivity contribution in [1.29, 1.82) is 0 Å². The van der Waals surface area contributed by atoms with Crippen molar-refractivity contribution in [2.75, 3.05) is 39.9 Å². The third-order valence-corrected chi connectivity index (χ3v) is 4.32. The number of fused-ring (bicyclic) bond motifs is 2. The normalized spacial score (nSPS) is 32.0. The number of hydrogen-bond acceptors (Lipinski definition) is 5. The van der Waals surface area contributed by atoms with Crippen molar-refractivity contribution in [3.63, 3.8) is 0 Å². The number of methoxy groups -OCH3 is 1. The van der Waals surface area contributed by atoms with E-state index in [1.165, 1.54) is 7.11 Å². The average molecular weight is 296 g/mol. The van der Waals surface area contributed by atoms with Crippen LogP contribution in [0.1, 0.15) is 6.42 Å². The van der Waals surface area contributed by atoms with Gasteiger partial charge in [-0.1, -0.05) is 0 Å². The number of ether oxygens (including phenoxy) is 1. The third kappa shape index (κ3) is 2.49. The third-order valence-electron chi connectivity index (χ3n) is 4.32. The van der Waals surface area contributed by atoms with Gasteiger partial charge in [-0.3, -0.25) is 14.4 Å². The SMILES string of the molecule is COCC(=O)N[C@H]1C[C@H]2C(=O)N3CCNC[C@H]3C(=O)N2C1. The van der Waals surface area contributed by atoms with Gasteiger partial charge in [-0.25, -0.2) is 0 Å². The lowest BCUT2D eigenvalue weighted by atomic mass is 10.0. The Morgan fingerprint density at radius 1 is 1.33 bits per heavy atom. The number of carbonyl (C=O) groups excluding carboxylic acids is 3. The molecule has 0 unspecified atom stereocenters. The number of amides is 3. The van der Waals surface area contributed by atoms with E-state index in [2.05, 4.69) is 10.6 Å². The standard InChI is InChI=1S/C13H20N4O4/c1-21-7-11(18)15-8-4-9-12(19)16-3-2-14-5-10(16)13(20)17(9)6-8/h8-10,14H,2-7H2,1H3,(H,15,18)/t8-,9-,10-/m0/s1. The summed E-state index contributed by atoms with van der Waals surface area (Å²) in [5, 5.41) is 5.96. The first-order valence-electron chi connectivity index (χ1n) is 7.22. The highest BCUT2D eigenvalue weighted by Crippen LogP contribution is 2.27. The summed E-state index contributed by atoms with van der Waals surface area (Å²) in [4.78, 5) is 39.9. The molecule has 21 heavy (non-hydrogen) atoms. The average Bonchev–Trinajstić information content (AvgIpc) is 2.89. The van der Waals surface area contributed by atoms with Crippen LogP contribution in [-0.4, -0.2) is 85.5 Å². The maximum absolute atomic E-state index is 12.5. The fourth-order valence-corrected chi connectivity index (χ4v) is 3.39. The molecule has 3 rings (SSSR count). The fourth-order valence-electron chi connectivity index (χ4n) is 3.39. The summed E-state index contributed by atoms with van der Waals surface area (Å²) in [5.74, 6) is -0.235. The molecule has 0 aromatic heterocycles. The zero-order valence-electron chi connectivity index (χ0n) is 12.0. The highest BCUT2D eigenvalue weighted by molar-refractivity contribution is 5.98. The van der Waals surface area contributed by atoms with Crippen molar-refractivity contribution in [1.82, 2.24) is 20.4 Å². The molecule has 8 heteroatoms. The molecule has 2 N–H and O–H groups in total. The summed E-state index contributed by atoms with van der Waals surface area (Å²) in [6.45, 7) is 2.18. The van der Waals surface area contributed by atoms with Gasteiger partial charge >= 0.3 is 0 Å². The minimum absolute atomic E-state index is 0.00425. The molecular weight excluding hydrogens is 276 g/mol. The number of carbonyl (C=O) groups is 3. The van der Waals surface area contributed by atoms with E-state index < -0.39 is 12.1 Å². The Bertz CT molecular complexity index is 437. The van der Waals surface area contributed by atoms with E-state index in [-0.39, 0.29) is 30.4 Å². The molecule has 3 heterocycles. The molecular formula is C13H20N4O4. The summed E-state index contributed by atoms with van der Waals surface area (Å²) in [6, 6.07) is -1.00. The number of nitrogens with zero attached hydrogens (tertiary/aromatic N) is 2. The van der Waals surface area contributed by atoms with Gasteiger partial charge in [0.05, 0.1) is 0 Å². The zero-order valence-corrected chi connectivity index (χ0v) is 12.0. The molecule has 3 saturated heterocycles. The second kappa shape index (κ2) is 5.61. The van der Waals surface area contributed by atoms with Gasteiger partial charge in [0.25, 0.3) is 0 Å². The summed E-state index contributed by atoms with van der Waals surface area (Å²) < 4.78 is 4.78. The number of rotatable bonds is 3. The van der Waals surface area contributed by atoms with Gasteiger partial charge in [0.2, 0.25) is 17.7 Å². The first kappa shape index (κ1) is 14.3. The van der Waals surface area contributed by atoms with E-state index >= 15 is 0 Å². The molecule has 0 aromatic rings. The quantitative estimate of drug-likeness (QED) is 0.602. The Morgan fingerprint density at radius 3 is 2.86 bits per heavy atom. The van der Waals surface area contributed by atoms with Crippen molar-refractivity contribution < 1.29 is 19.1 Å². The van der Waals surface area contributed by atoms with E-state index in [1.807, 2.05) is 0 Å². The molecule has 0 saturated carbocycles. The van der Waals surface area contributed by atoms with E-state index in [9.17, 15) is 14.4 Å². The lowest BCUT2D eigenvalue weighted by molar-refractivity contribution is -0.160. The molecule has 3 amide bonds. The second-order valence-corrected chi connectivity index (χ2v) is 5.69. The van der Waals surface area contributed by atoms with Crippen LogP contribution in [0.3, 0.4) is 0 Å². The lowest BCUT2D eigenvalue weighted by Crippen LogP contribution is -2.68. The molecule has 116 valence electrons. The monoisotopic (exact) mass is 296 g/mol. The van der Waals surface area contributed by atoms with Crippen molar-refractivity contribution in [2.45, 2.75) is 24.5 Å². The molecule has 3 aliphatic rings. The molecule has 0 radical (unpaired) electrons. The number of piperazine rings is 2. The molecule has 3 atom stereocenters. The zero-order chi connectivity index (χ0) is 15.0. The van der Waals surface area contributed by atoms with Gasteiger partial charge in [-0.2, -0.15) is 0 Å². The maximum atomic E-state index is 12.5. The van der Waals surface area contributed by atoms with Crippen LogP contribution in [0, 0.1) is 0 Å². The Hall–Kier alpha value is -1.67. The van der Waals surface area contributed by atoms with Gasteiger partial charge < -0.3 is 25.2 Å². The fraction of sp³-hybridized carbons (Fsp3) is 0.769. The van der Waals surface area contributed by atoms with Gasteiger partial charge in [-0.05, 0) is 6.42 Å². The highest BCUT2D eigenvalue weighted by Gasteiger charge is 2.50. The Labute approximate surface area is 122 Å². The smallest absolute Gasteiger partial charge is 0.247 e. The number of nitrogens with one attached hydrogen (secondary N) is 2. The molecule has 3 aliphatic heterocycles. The van der Waals surface area contributed by atoms with Crippen LogP contribution in [0.5, 0.6) is 0 Å². The van der Waals surface area contributed by atoms with Crippen LogP contribution >= 0.6 is 0 Å². The molecule has 0 bridgehead atoms.